The smallest absolute Gasteiger partial charge is 0.261 e. The minimum absolute atomic E-state index is 0.270. The molecule has 8 heteroatoms. The van der Waals surface area contributed by atoms with E-state index in [9.17, 15) is 0 Å². The highest BCUT2D eigenvalue weighted by molar-refractivity contribution is 6.70. The Kier molecular flexibility index (Phi) is 5.95. The lowest BCUT2D eigenvalue weighted by Crippen LogP contribution is -2.44. The lowest BCUT2D eigenvalue weighted by Gasteiger charge is -2.31. The van der Waals surface area contributed by atoms with Crippen LogP contribution in [0.15, 0.2) is 12.0 Å². The van der Waals surface area contributed by atoms with Gasteiger partial charge in [-0.2, -0.15) is 0 Å². The summed E-state index contributed by atoms with van der Waals surface area (Å²) in [5.74, 6) is -0.566. The lowest BCUT2D eigenvalue weighted by molar-refractivity contribution is -0.235. The van der Waals surface area contributed by atoms with E-state index in [-0.39, 0.29) is 24.2 Å². The monoisotopic (exact) mass is 416 g/mol. The first kappa shape index (κ1) is 22.1. The van der Waals surface area contributed by atoms with Crippen LogP contribution in [0.25, 0.3) is 0 Å². The average molecular weight is 417 g/mol. The molecule has 0 aromatic carbocycles. The third kappa shape index (κ3) is 5.28. The zero-order valence-electron chi connectivity index (χ0n) is 18.6. The van der Waals surface area contributed by atoms with E-state index in [4.69, 9.17) is 32.8 Å². The molecule has 162 valence electrons. The second kappa shape index (κ2) is 7.56. The molecule has 0 spiro atoms. The van der Waals surface area contributed by atoms with Gasteiger partial charge < -0.3 is 32.8 Å². The molecule has 0 radical (unpaired) electrons. The van der Waals surface area contributed by atoms with Crippen molar-refractivity contribution in [2.75, 3.05) is 6.61 Å². The quantitative estimate of drug-likeness (QED) is 0.483. The fraction of sp³-hybridized carbons (Fsp3) is 0.900. The molecule has 3 rings (SSSR count). The molecule has 0 unspecified atom stereocenters. The fourth-order valence-corrected chi connectivity index (χ4v) is 4.34. The maximum Gasteiger partial charge on any atom is 0.261 e. The van der Waals surface area contributed by atoms with Crippen molar-refractivity contribution in [2.45, 2.75) is 103 Å². The summed E-state index contributed by atoms with van der Waals surface area (Å²) < 4.78 is 42.7. The summed E-state index contributed by atoms with van der Waals surface area (Å²) in [6.45, 7) is 18.6. The summed E-state index contributed by atoms with van der Waals surface area (Å²) in [6, 6.07) is 0. The van der Waals surface area contributed by atoms with Gasteiger partial charge >= 0.3 is 0 Å². The molecular weight excluding hydrogens is 380 g/mol. The van der Waals surface area contributed by atoms with E-state index in [1.54, 1.807) is 0 Å². The standard InChI is InChI=1S/C20H36O7Si/c1-12(2)10-14(27-28(7,8)9)22-16-15(13-11-21-19(3,4)24-13)23-18-17(16)25-20(5,6)26-18/h10,12-13,15-18H,11H2,1-9H3/b14-10+/t13-,15+,16-,17-,18-/m1/s1. The summed E-state index contributed by atoms with van der Waals surface area (Å²) in [4.78, 5) is 0. The van der Waals surface area contributed by atoms with Gasteiger partial charge in [0, 0.05) is 0 Å². The number of hydrogen-bond acceptors (Lipinski definition) is 7. The van der Waals surface area contributed by atoms with E-state index in [1.807, 2.05) is 33.8 Å². The van der Waals surface area contributed by atoms with E-state index in [1.165, 1.54) is 0 Å². The van der Waals surface area contributed by atoms with E-state index in [0.29, 0.717) is 12.6 Å². The van der Waals surface area contributed by atoms with Crippen LogP contribution in [0.4, 0.5) is 0 Å². The molecular formula is C20H36O7Si. The van der Waals surface area contributed by atoms with Gasteiger partial charge in [-0.3, -0.25) is 0 Å². The highest BCUT2D eigenvalue weighted by atomic mass is 28.4. The van der Waals surface area contributed by atoms with Crippen molar-refractivity contribution in [2.24, 2.45) is 5.92 Å². The minimum atomic E-state index is -1.86. The highest BCUT2D eigenvalue weighted by Crippen LogP contribution is 2.42. The van der Waals surface area contributed by atoms with Gasteiger partial charge in [0.25, 0.3) is 5.95 Å². The molecule has 3 heterocycles. The minimum Gasteiger partial charge on any atom is -0.520 e. The van der Waals surface area contributed by atoms with Gasteiger partial charge in [0.05, 0.1) is 6.61 Å². The van der Waals surface area contributed by atoms with Gasteiger partial charge in [-0.25, -0.2) is 0 Å². The molecule has 7 nitrogen and oxygen atoms in total. The number of fused-ring (bicyclic) bond motifs is 1. The SMILES string of the molecule is CC(C)/C=C(\O[C@@H]1[C@H]([C@H]2COC(C)(C)O2)O[C@@H]2OC(C)(C)O[C@@H]21)O[Si](C)(C)C. The Labute approximate surface area is 169 Å². The second-order valence-corrected chi connectivity index (χ2v) is 14.4. The summed E-state index contributed by atoms with van der Waals surface area (Å²) >= 11 is 0. The maximum atomic E-state index is 6.41. The number of hydrogen-bond donors (Lipinski definition) is 0. The van der Waals surface area contributed by atoms with Crippen LogP contribution in [0.2, 0.25) is 19.6 Å². The molecule has 0 saturated carbocycles. The van der Waals surface area contributed by atoms with Gasteiger partial charge in [0.2, 0.25) is 8.32 Å². The molecule has 3 saturated heterocycles. The van der Waals surface area contributed by atoms with Crippen molar-refractivity contribution in [3.63, 3.8) is 0 Å². The Balaban J connectivity index is 1.83. The zero-order chi connectivity index (χ0) is 20.9. The molecule has 0 bridgehead atoms. The van der Waals surface area contributed by atoms with Gasteiger partial charge in [-0.05, 0) is 59.3 Å². The Morgan fingerprint density at radius 1 is 1.00 bits per heavy atom. The first-order valence-corrected chi connectivity index (χ1v) is 13.6. The molecule has 3 aliphatic heterocycles. The molecule has 3 aliphatic rings. The van der Waals surface area contributed by atoms with Crippen molar-refractivity contribution in [3.05, 3.63) is 12.0 Å². The molecule has 0 aliphatic carbocycles. The number of allylic oxidation sites excluding steroid dienone is 1. The van der Waals surface area contributed by atoms with Gasteiger partial charge in [-0.1, -0.05) is 13.8 Å². The largest absolute Gasteiger partial charge is 0.520 e. The van der Waals surface area contributed by atoms with Crippen LogP contribution >= 0.6 is 0 Å². The van der Waals surface area contributed by atoms with Crippen molar-refractivity contribution in [1.82, 2.24) is 0 Å². The van der Waals surface area contributed by atoms with Crippen LogP contribution < -0.4 is 0 Å². The predicted molar refractivity (Wildman–Crippen MR) is 106 cm³/mol. The molecule has 0 N–H and O–H groups in total. The van der Waals surface area contributed by atoms with Crippen LogP contribution in [0.1, 0.15) is 41.5 Å². The van der Waals surface area contributed by atoms with Crippen molar-refractivity contribution < 1.29 is 32.8 Å². The second-order valence-electron chi connectivity index (χ2n) is 9.96. The first-order valence-electron chi connectivity index (χ1n) is 10.2. The normalized spacial score (nSPS) is 37.4. The highest BCUT2D eigenvalue weighted by Gasteiger charge is 2.60. The molecule has 0 amide bonds. The average Bonchev–Trinajstić information content (AvgIpc) is 3.07. The number of rotatable bonds is 6. The summed E-state index contributed by atoms with van der Waals surface area (Å²) in [7, 11) is -1.86. The van der Waals surface area contributed by atoms with Gasteiger partial charge in [0.1, 0.15) is 12.2 Å². The van der Waals surface area contributed by atoms with Crippen LogP contribution in [-0.2, 0) is 32.8 Å². The Morgan fingerprint density at radius 3 is 2.21 bits per heavy atom. The van der Waals surface area contributed by atoms with Crippen LogP contribution in [-0.4, -0.2) is 57.2 Å². The van der Waals surface area contributed by atoms with E-state index in [2.05, 4.69) is 33.5 Å². The van der Waals surface area contributed by atoms with Crippen molar-refractivity contribution in [3.8, 4) is 0 Å². The topological polar surface area (TPSA) is 64.6 Å². The van der Waals surface area contributed by atoms with Crippen LogP contribution in [0, 0.1) is 5.92 Å². The molecule has 0 aromatic heterocycles. The van der Waals surface area contributed by atoms with Crippen LogP contribution in [0.5, 0.6) is 0 Å². The first-order chi connectivity index (χ1) is 12.7. The van der Waals surface area contributed by atoms with Crippen LogP contribution in [0.3, 0.4) is 0 Å². The third-order valence-corrected chi connectivity index (χ3v) is 5.37. The zero-order valence-corrected chi connectivity index (χ0v) is 19.6. The summed E-state index contributed by atoms with van der Waals surface area (Å²) in [6.07, 6.45) is 0.0505. The summed E-state index contributed by atoms with van der Waals surface area (Å²) in [5.41, 5.74) is 0. The Bertz CT molecular complexity index is 596. The lowest BCUT2D eigenvalue weighted by atomic mass is 10.1. The fourth-order valence-electron chi connectivity index (χ4n) is 3.62. The summed E-state index contributed by atoms with van der Waals surface area (Å²) in [5, 5.41) is 0. The molecule has 3 fully saturated rings. The molecule has 28 heavy (non-hydrogen) atoms. The molecule has 0 aromatic rings. The van der Waals surface area contributed by atoms with Gasteiger partial charge in [-0.15, -0.1) is 0 Å². The predicted octanol–water partition coefficient (Wildman–Crippen LogP) is 3.75. The van der Waals surface area contributed by atoms with Crippen molar-refractivity contribution in [1.29, 1.82) is 0 Å². The Hall–Kier alpha value is -0.643. The number of ether oxygens (including phenoxy) is 6. The van der Waals surface area contributed by atoms with E-state index in [0.717, 1.165) is 0 Å². The molecule has 5 atom stereocenters. The van der Waals surface area contributed by atoms with Crippen molar-refractivity contribution >= 4 is 8.32 Å². The van der Waals surface area contributed by atoms with E-state index < -0.39 is 32.3 Å². The maximum absolute atomic E-state index is 6.41. The third-order valence-electron chi connectivity index (χ3n) is 4.55. The van der Waals surface area contributed by atoms with E-state index >= 15 is 0 Å². The van der Waals surface area contributed by atoms with Gasteiger partial charge in [0.15, 0.2) is 30.1 Å². The Morgan fingerprint density at radius 2 is 1.68 bits per heavy atom.